The van der Waals surface area contributed by atoms with E-state index in [1.54, 1.807) is 6.92 Å². The normalized spacial score (nSPS) is 28.2. The fourth-order valence-corrected chi connectivity index (χ4v) is 2.39. The van der Waals surface area contributed by atoms with Gasteiger partial charge in [0.1, 0.15) is 18.0 Å². The summed E-state index contributed by atoms with van der Waals surface area (Å²) in [6.07, 6.45) is -0.172. The number of ether oxygens (including phenoxy) is 1. The molecule has 7 heteroatoms. The molecule has 2 aliphatic rings. The molecule has 2 unspecified atom stereocenters. The monoisotopic (exact) mass is 285 g/mol. The van der Waals surface area contributed by atoms with E-state index in [0.29, 0.717) is 13.2 Å². The summed E-state index contributed by atoms with van der Waals surface area (Å²) in [5, 5.41) is 9.42. The number of nitrogens with two attached hydrogens (primary N) is 1. The van der Waals surface area contributed by atoms with Gasteiger partial charge in [0, 0.05) is 12.0 Å². The SMILES string of the molecule is CC1(CO)COc2cccc3c2B(OC3CN)O1.Cl. The topological polar surface area (TPSA) is 73.9 Å². The lowest BCUT2D eigenvalue weighted by Crippen LogP contribution is -2.45. The summed E-state index contributed by atoms with van der Waals surface area (Å²) in [6, 6.07) is 5.79. The summed E-state index contributed by atoms with van der Waals surface area (Å²) in [7, 11) is -0.510. The highest BCUT2D eigenvalue weighted by Crippen LogP contribution is 2.32. The maximum atomic E-state index is 9.42. The van der Waals surface area contributed by atoms with Crippen LogP contribution in [-0.2, 0) is 9.31 Å². The average Bonchev–Trinajstić information content (AvgIpc) is 2.67. The van der Waals surface area contributed by atoms with Crippen molar-refractivity contribution in [1.82, 2.24) is 0 Å². The summed E-state index contributed by atoms with van der Waals surface area (Å²) in [6.45, 7) is 2.38. The number of hydrogen-bond donors (Lipinski definition) is 2. The Bertz CT molecular complexity index is 475. The lowest BCUT2D eigenvalue weighted by atomic mass is 9.77. The average molecular weight is 286 g/mol. The molecule has 2 aliphatic heterocycles. The number of hydrogen-bond acceptors (Lipinski definition) is 5. The molecule has 2 atom stereocenters. The molecule has 5 nitrogen and oxygen atoms in total. The zero-order valence-corrected chi connectivity index (χ0v) is 11.5. The van der Waals surface area contributed by atoms with Gasteiger partial charge >= 0.3 is 7.12 Å². The molecule has 0 amide bonds. The van der Waals surface area contributed by atoms with E-state index in [-0.39, 0.29) is 25.1 Å². The Balaban J connectivity index is 0.00000133. The van der Waals surface area contributed by atoms with Crippen molar-refractivity contribution in [2.24, 2.45) is 5.73 Å². The first-order valence-electron chi connectivity index (χ1n) is 6.07. The van der Waals surface area contributed by atoms with Gasteiger partial charge in [-0.2, -0.15) is 0 Å². The van der Waals surface area contributed by atoms with E-state index >= 15 is 0 Å². The van der Waals surface area contributed by atoms with Crippen LogP contribution in [0.1, 0.15) is 18.6 Å². The molecule has 1 aromatic carbocycles. The second-order valence-electron chi connectivity index (χ2n) is 4.97. The molecule has 19 heavy (non-hydrogen) atoms. The third kappa shape index (κ3) is 2.35. The minimum atomic E-state index is -0.759. The van der Waals surface area contributed by atoms with Crippen LogP contribution in [0.2, 0.25) is 0 Å². The first-order chi connectivity index (χ1) is 8.67. The van der Waals surface area contributed by atoms with Crippen molar-refractivity contribution >= 4 is 25.0 Å². The van der Waals surface area contributed by atoms with Gasteiger partial charge in [-0.15, -0.1) is 12.4 Å². The van der Waals surface area contributed by atoms with Gasteiger partial charge in [0.05, 0.1) is 12.7 Å². The minimum absolute atomic E-state index is 0. The fraction of sp³-hybridized carbons (Fsp3) is 0.500. The van der Waals surface area contributed by atoms with Gasteiger partial charge in [-0.1, -0.05) is 12.1 Å². The Morgan fingerprint density at radius 1 is 1.53 bits per heavy atom. The number of aliphatic hydroxyl groups is 1. The van der Waals surface area contributed by atoms with E-state index in [2.05, 4.69) is 0 Å². The smallest absolute Gasteiger partial charge is 0.491 e. The molecule has 2 heterocycles. The first-order valence-corrected chi connectivity index (χ1v) is 6.07. The predicted octanol–water partition coefficient (Wildman–Crippen LogP) is -0.00640. The summed E-state index contributed by atoms with van der Waals surface area (Å²) >= 11 is 0. The molecule has 0 spiro atoms. The highest BCUT2D eigenvalue weighted by atomic mass is 35.5. The van der Waals surface area contributed by atoms with E-state index < -0.39 is 12.7 Å². The van der Waals surface area contributed by atoms with Gasteiger partial charge in [-0.05, 0) is 18.6 Å². The molecule has 0 radical (unpaired) electrons. The van der Waals surface area contributed by atoms with Crippen molar-refractivity contribution in [3.8, 4) is 5.75 Å². The fourth-order valence-electron chi connectivity index (χ4n) is 2.39. The molecule has 1 aromatic rings. The summed E-state index contributed by atoms with van der Waals surface area (Å²) < 4.78 is 17.4. The Labute approximate surface area is 118 Å². The summed E-state index contributed by atoms with van der Waals surface area (Å²) in [5.74, 6) is 0.755. The third-order valence-corrected chi connectivity index (χ3v) is 3.44. The number of halogens is 1. The van der Waals surface area contributed by atoms with Crippen LogP contribution >= 0.6 is 12.4 Å². The van der Waals surface area contributed by atoms with Crippen LogP contribution < -0.4 is 15.9 Å². The minimum Gasteiger partial charge on any atom is -0.491 e. The highest BCUT2D eigenvalue weighted by molar-refractivity contribution is 6.64. The molecule has 0 fully saturated rings. The lowest BCUT2D eigenvalue weighted by Gasteiger charge is -2.27. The maximum absolute atomic E-state index is 9.42. The van der Waals surface area contributed by atoms with E-state index in [1.807, 2.05) is 18.2 Å². The molecular formula is C12H17BClNO4. The van der Waals surface area contributed by atoms with Crippen LogP contribution in [-0.4, -0.2) is 37.6 Å². The van der Waals surface area contributed by atoms with Gasteiger partial charge in [-0.3, -0.25) is 0 Å². The Kier molecular flexibility index (Phi) is 4.08. The molecule has 0 aliphatic carbocycles. The van der Waals surface area contributed by atoms with E-state index in [0.717, 1.165) is 16.8 Å². The molecule has 0 aromatic heterocycles. The highest BCUT2D eigenvalue weighted by Gasteiger charge is 2.46. The van der Waals surface area contributed by atoms with E-state index in [4.69, 9.17) is 19.8 Å². The number of benzene rings is 1. The molecule has 104 valence electrons. The molecule has 3 rings (SSSR count). The molecule has 0 saturated heterocycles. The quantitative estimate of drug-likeness (QED) is 0.748. The van der Waals surface area contributed by atoms with Gasteiger partial charge in [0.15, 0.2) is 0 Å². The zero-order valence-electron chi connectivity index (χ0n) is 10.7. The summed E-state index contributed by atoms with van der Waals surface area (Å²) in [4.78, 5) is 0. The Hall–Kier alpha value is -0.785. The van der Waals surface area contributed by atoms with Gasteiger partial charge in [0.2, 0.25) is 0 Å². The second kappa shape index (κ2) is 5.30. The largest absolute Gasteiger partial charge is 0.499 e. The van der Waals surface area contributed by atoms with Crippen molar-refractivity contribution in [1.29, 1.82) is 0 Å². The molecule has 0 saturated carbocycles. The van der Waals surface area contributed by atoms with Crippen LogP contribution in [0, 0.1) is 0 Å². The van der Waals surface area contributed by atoms with Crippen molar-refractivity contribution in [3.63, 3.8) is 0 Å². The standard InChI is InChI=1S/C12H16BNO4.ClH/c1-12(6-15)7-16-9-4-2-3-8-10(5-14)17-13(18-12)11(8)9;/h2-4,10,15H,5-7,14H2,1H3;1H. The number of aliphatic hydroxyl groups excluding tert-OH is 1. The number of rotatable bonds is 2. The van der Waals surface area contributed by atoms with Crippen LogP contribution in [0.25, 0.3) is 0 Å². The third-order valence-electron chi connectivity index (χ3n) is 3.44. The maximum Gasteiger partial charge on any atom is 0.499 e. The second-order valence-corrected chi connectivity index (χ2v) is 4.97. The van der Waals surface area contributed by atoms with Crippen molar-refractivity contribution in [2.75, 3.05) is 19.8 Å². The van der Waals surface area contributed by atoms with Gasteiger partial charge in [0.25, 0.3) is 0 Å². The van der Waals surface area contributed by atoms with Crippen molar-refractivity contribution < 1.29 is 19.2 Å². The van der Waals surface area contributed by atoms with E-state index in [9.17, 15) is 5.11 Å². The van der Waals surface area contributed by atoms with Crippen LogP contribution in [0.5, 0.6) is 5.75 Å². The zero-order chi connectivity index (χ0) is 12.8. The Morgan fingerprint density at radius 2 is 2.32 bits per heavy atom. The predicted molar refractivity (Wildman–Crippen MR) is 74.0 cm³/mol. The van der Waals surface area contributed by atoms with Crippen LogP contribution in [0.4, 0.5) is 0 Å². The molecule has 3 N–H and O–H groups in total. The Morgan fingerprint density at radius 3 is 3.00 bits per heavy atom. The molecular weight excluding hydrogens is 268 g/mol. The van der Waals surface area contributed by atoms with E-state index in [1.165, 1.54) is 0 Å². The van der Waals surface area contributed by atoms with Crippen LogP contribution in [0.15, 0.2) is 18.2 Å². The van der Waals surface area contributed by atoms with Crippen molar-refractivity contribution in [2.45, 2.75) is 18.6 Å². The van der Waals surface area contributed by atoms with Gasteiger partial charge < -0.3 is 24.9 Å². The first kappa shape index (κ1) is 14.6. The van der Waals surface area contributed by atoms with Crippen LogP contribution in [0.3, 0.4) is 0 Å². The molecule has 0 bridgehead atoms. The summed E-state index contributed by atoms with van der Waals surface area (Å²) in [5.41, 5.74) is 6.87. The lowest BCUT2D eigenvalue weighted by molar-refractivity contribution is -0.0265. The van der Waals surface area contributed by atoms with Crippen molar-refractivity contribution in [3.05, 3.63) is 23.8 Å². The van der Waals surface area contributed by atoms with Gasteiger partial charge in [-0.25, -0.2) is 0 Å².